The van der Waals surface area contributed by atoms with Gasteiger partial charge in [0, 0.05) is 6.04 Å². The quantitative estimate of drug-likeness (QED) is 0.808. The average Bonchev–Trinajstić information content (AvgIpc) is 3.10. The zero-order chi connectivity index (χ0) is 14.0. The Morgan fingerprint density at radius 1 is 1.11 bits per heavy atom. The number of hydrogen-bond acceptors (Lipinski definition) is 1. The molecule has 1 aliphatic carbocycles. The van der Waals surface area contributed by atoms with E-state index in [1.54, 1.807) is 5.56 Å². The molecule has 0 saturated heterocycles. The van der Waals surface area contributed by atoms with Crippen LogP contribution in [-0.4, -0.2) is 12.6 Å². The SMILES string of the molecule is Cc1cc(C)c(CC(CNC2CC2)C(C)C)c(C)c1. The molecule has 2 rings (SSSR count). The van der Waals surface area contributed by atoms with Gasteiger partial charge in [-0.2, -0.15) is 0 Å². The summed E-state index contributed by atoms with van der Waals surface area (Å²) in [5.41, 5.74) is 5.89. The minimum absolute atomic E-state index is 0.742. The molecule has 0 bridgehead atoms. The predicted molar refractivity (Wildman–Crippen MR) is 83.7 cm³/mol. The van der Waals surface area contributed by atoms with E-state index in [-0.39, 0.29) is 0 Å². The van der Waals surface area contributed by atoms with Crippen molar-refractivity contribution in [1.82, 2.24) is 5.32 Å². The first-order chi connectivity index (χ1) is 8.97. The largest absolute Gasteiger partial charge is 0.314 e. The molecule has 1 N–H and O–H groups in total. The third-order valence-corrected chi connectivity index (χ3v) is 4.50. The Balaban J connectivity index is 2.06. The second kappa shape index (κ2) is 6.09. The standard InChI is InChI=1S/C18H29N/c1-12(2)16(11-19-17-6-7-17)10-18-14(4)8-13(3)9-15(18)5/h8-9,12,16-17,19H,6-7,10-11H2,1-5H3. The molecule has 1 fully saturated rings. The van der Waals surface area contributed by atoms with Crippen LogP contribution in [0.3, 0.4) is 0 Å². The van der Waals surface area contributed by atoms with Crippen molar-refractivity contribution in [2.45, 2.75) is 59.9 Å². The second-order valence-corrected chi connectivity index (χ2v) is 6.77. The van der Waals surface area contributed by atoms with Gasteiger partial charge in [0.25, 0.3) is 0 Å². The lowest BCUT2D eigenvalue weighted by atomic mass is 9.85. The summed E-state index contributed by atoms with van der Waals surface area (Å²) in [6.07, 6.45) is 3.98. The lowest BCUT2D eigenvalue weighted by molar-refractivity contribution is 0.358. The van der Waals surface area contributed by atoms with Gasteiger partial charge < -0.3 is 5.32 Å². The smallest absolute Gasteiger partial charge is 0.00683 e. The van der Waals surface area contributed by atoms with Crippen LogP contribution in [0.5, 0.6) is 0 Å². The van der Waals surface area contributed by atoms with E-state index in [1.807, 2.05) is 0 Å². The lowest BCUT2D eigenvalue weighted by Crippen LogP contribution is -2.29. The molecule has 1 aromatic carbocycles. The number of rotatable bonds is 6. The van der Waals surface area contributed by atoms with Gasteiger partial charge in [0.15, 0.2) is 0 Å². The van der Waals surface area contributed by atoms with Gasteiger partial charge in [0.05, 0.1) is 0 Å². The summed E-state index contributed by atoms with van der Waals surface area (Å²) in [7, 11) is 0. The van der Waals surface area contributed by atoms with Gasteiger partial charge in [0.2, 0.25) is 0 Å². The zero-order valence-electron chi connectivity index (χ0n) is 13.2. The fraction of sp³-hybridized carbons (Fsp3) is 0.667. The monoisotopic (exact) mass is 259 g/mol. The van der Waals surface area contributed by atoms with Crippen LogP contribution in [-0.2, 0) is 6.42 Å². The first-order valence-corrected chi connectivity index (χ1v) is 7.77. The van der Waals surface area contributed by atoms with Gasteiger partial charge in [-0.1, -0.05) is 31.5 Å². The van der Waals surface area contributed by atoms with Crippen molar-refractivity contribution in [3.63, 3.8) is 0 Å². The van der Waals surface area contributed by atoms with E-state index in [1.165, 1.54) is 42.5 Å². The fourth-order valence-electron chi connectivity index (χ4n) is 2.94. The molecule has 1 nitrogen and oxygen atoms in total. The molecule has 0 aliphatic heterocycles. The highest BCUT2D eigenvalue weighted by molar-refractivity contribution is 5.37. The molecule has 1 aromatic rings. The molecule has 0 heterocycles. The Bertz CT molecular complexity index is 406. The lowest BCUT2D eigenvalue weighted by Gasteiger charge is -2.24. The Kier molecular flexibility index (Phi) is 4.67. The number of hydrogen-bond donors (Lipinski definition) is 1. The minimum Gasteiger partial charge on any atom is -0.314 e. The van der Waals surface area contributed by atoms with Crippen LogP contribution < -0.4 is 5.32 Å². The average molecular weight is 259 g/mol. The maximum atomic E-state index is 3.71. The van der Waals surface area contributed by atoms with Gasteiger partial charge in [-0.3, -0.25) is 0 Å². The summed E-state index contributed by atoms with van der Waals surface area (Å²) in [5, 5.41) is 3.71. The highest BCUT2D eigenvalue weighted by Gasteiger charge is 2.23. The Labute approximate surface area is 118 Å². The minimum atomic E-state index is 0.742. The van der Waals surface area contributed by atoms with Gasteiger partial charge in [0.1, 0.15) is 0 Å². The van der Waals surface area contributed by atoms with Crippen LogP contribution >= 0.6 is 0 Å². The van der Waals surface area contributed by atoms with Crippen molar-refractivity contribution < 1.29 is 0 Å². The normalized spacial score (nSPS) is 16.9. The molecular weight excluding hydrogens is 230 g/mol. The first kappa shape index (κ1) is 14.6. The molecule has 1 unspecified atom stereocenters. The van der Waals surface area contributed by atoms with Crippen LogP contribution in [0, 0.1) is 32.6 Å². The van der Waals surface area contributed by atoms with Crippen LogP contribution in [0.25, 0.3) is 0 Å². The summed E-state index contributed by atoms with van der Waals surface area (Å²) in [6, 6.07) is 5.48. The third-order valence-electron chi connectivity index (χ3n) is 4.50. The van der Waals surface area contributed by atoms with Crippen molar-refractivity contribution in [3.05, 3.63) is 34.4 Å². The molecule has 1 heteroatoms. The second-order valence-electron chi connectivity index (χ2n) is 6.77. The van der Waals surface area contributed by atoms with Crippen molar-refractivity contribution >= 4 is 0 Å². The number of benzene rings is 1. The Morgan fingerprint density at radius 3 is 2.16 bits per heavy atom. The van der Waals surface area contributed by atoms with E-state index in [0.29, 0.717) is 0 Å². The van der Waals surface area contributed by atoms with E-state index >= 15 is 0 Å². The van der Waals surface area contributed by atoms with E-state index in [4.69, 9.17) is 0 Å². The highest BCUT2D eigenvalue weighted by Crippen LogP contribution is 2.25. The first-order valence-electron chi connectivity index (χ1n) is 7.77. The summed E-state index contributed by atoms with van der Waals surface area (Å²) in [6.45, 7) is 12.6. The molecule has 1 saturated carbocycles. The summed E-state index contributed by atoms with van der Waals surface area (Å²) < 4.78 is 0. The summed E-state index contributed by atoms with van der Waals surface area (Å²) in [4.78, 5) is 0. The molecule has 106 valence electrons. The van der Waals surface area contributed by atoms with Crippen LogP contribution in [0.1, 0.15) is 48.9 Å². The molecule has 0 aromatic heterocycles. The van der Waals surface area contributed by atoms with Gasteiger partial charge in [-0.15, -0.1) is 0 Å². The summed E-state index contributed by atoms with van der Waals surface area (Å²) >= 11 is 0. The van der Waals surface area contributed by atoms with Gasteiger partial charge in [-0.05, 0) is 75.1 Å². The molecule has 1 atom stereocenters. The molecule has 0 amide bonds. The molecule has 0 radical (unpaired) electrons. The van der Waals surface area contributed by atoms with Crippen LogP contribution in [0.2, 0.25) is 0 Å². The van der Waals surface area contributed by atoms with E-state index < -0.39 is 0 Å². The molecule has 19 heavy (non-hydrogen) atoms. The van der Waals surface area contributed by atoms with Crippen LogP contribution in [0.4, 0.5) is 0 Å². The number of aryl methyl sites for hydroxylation is 3. The molecule has 0 spiro atoms. The maximum absolute atomic E-state index is 3.71. The van der Waals surface area contributed by atoms with E-state index in [9.17, 15) is 0 Å². The Hall–Kier alpha value is -0.820. The predicted octanol–water partition coefficient (Wildman–Crippen LogP) is 4.18. The third kappa shape index (κ3) is 4.07. The van der Waals surface area contributed by atoms with E-state index in [2.05, 4.69) is 52.1 Å². The van der Waals surface area contributed by atoms with Crippen molar-refractivity contribution in [1.29, 1.82) is 0 Å². The van der Waals surface area contributed by atoms with Crippen LogP contribution in [0.15, 0.2) is 12.1 Å². The fourth-order valence-corrected chi connectivity index (χ4v) is 2.94. The Morgan fingerprint density at radius 2 is 1.68 bits per heavy atom. The summed E-state index contributed by atoms with van der Waals surface area (Å²) in [5.74, 6) is 1.49. The van der Waals surface area contributed by atoms with Crippen molar-refractivity contribution in [2.75, 3.05) is 6.54 Å². The molecular formula is C18H29N. The van der Waals surface area contributed by atoms with E-state index in [0.717, 1.165) is 17.9 Å². The van der Waals surface area contributed by atoms with Gasteiger partial charge in [-0.25, -0.2) is 0 Å². The van der Waals surface area contributed by atoms with Crippen molar-refractivity contribution in [3.8, 4) is 0 Å². The topological polar surface area (TPSA) is 12.0 Å². The zero-order valence-corrected chi connectivity index (χ0v) is 13.2. The van der Waals surface area contributed by atoms with Gasteiger partial charge >= 0.3 is 0 Å². The maximum Gasteiger partial charge on any atom is 0.00683 e. The number of nitrogens with one attached hydrogen (secondary N) is 1. The molecule has 1 aliphatic rings. The van der Waals surface area contributed by atoms with Crippen molar-refractivity contribution in [2.24, 2.45) is 11.8 Å². The highest BCUT2D eigenvalue weighted by atomic mass is 14.9.